The molecule has 7 heteroatoms. The first-order valence-corrected chi connectivity index (χ1v) is 5.80. The van der Waals surface area contributed by atoms with E-state index in [-0.39, 0.29) is 24.8 Å². The number of carbonyl (C=O) groups is 1. The van der Waals surface area contributed by atoms with Crippen molar-refractivity contribution in [2.75, 3.05) is 18.0 Å². The monoisotopic (exact) mass is 274 g/mol. The summed E-state index contributed by atoms with van der Waals surface area (Å²) in [6.07, 6.45) is -3.21. The molecule has 1 aromatic heterocycles. The zero-order valence-corrected chi connectivity index (χ0v) is 10.2. The number of aromatic nitrogens is 1. The van der Waals surface area contributed by atoms with Crippen LogP contribution in [0.2, 0.25) is 0 Å². The number of hydrogen-bond donors (Lipinski definition) is 1. The van der Waals surface area contributed by atoms with Crippen LogP contribution in [0.25, 0.3) is 0 Å². The summed E-state index contributed by atoms with van der Waals surface area (Å²) in [6, 6.07) is 2.18. The van der Waals surface area contributed by atoms with Crippen molar-refractivity contribution in [1.29, 1.82) is 0 Å². The topological polar surface area (TPSA) is 53.4 Å². The van der Waals surface area contributed by atoms with E-state index in [0.717, 1.165) is 6.07 Å². The molecular weight excluding hydrogens is 261 g/mol. The van der Waals surface area contributed by atoms with Crippen molar-refractivity contribution in [3.05, 3.63) is 23.9 Å². The molecule has 1 aromatic rings. The van der Waals surface area contributed by atoms with Crippen molar-refractivity contribution >= 4 is 11.8 Å². The molecular formula is C12H13F3N2O2. The third kappa shape index (κ3) is 2.64. The average molecular weight is 274 g/mol. The fourth-order valence-corrected chi connectivity index (χ4v) is 2.33. The summed E-state index contributed by atoms with van der Waals surface area (Å²) in [4.78, 5) is 16.2. The quantitative estimate of drug-likeness (QED) is 0.898. The lowest BCUT2D eigenvalue weighted by molar-refractivity contribution is -0.142. The summed E-state index contributed by atoms with van der Waals surface area (Å²) in [5.41, 5.74) is -0.826. The lowest BCUT2D eigenvalue weighted by Crippen LogP contribution is -2.26. The van der Waals surface area contributed by atoms with Gasteiger partial charge in [0.1, 0.15) is 5.82 Å². The number of pyridine rings is 1. The SMILES string of the molecule is C[C@@H]1CN(c2ncccc2C(F)(F)F)C[C@H]1C(=O)O. The van der Waals surface area contributed by atoms with Gasteiger partial charge >= 0.3 is 12.1 Å². The molecule has 1 aliphatic rings. The summed E-state index contributed by atoms with van der Waals surface area (Å²) in [5.74, 6) is -2.05. The van der Waals surface area contributed by atoms with Crippen molar-refractivity contribution in [2.24, 2.45) is 11.8 Å². The normalized spacial score (nSPS) is 23.7. The minimum Gasteiger partial charge on any atom is -0.481 e. The van der Waals surface area contributed by atoms with Crippen molar-refractivity contribution in [3.8, 4) is 0 Å². The number of halogens is 3. The van der Waals surface area contributed by atoms with E-state index in [4.69, 9.17) is 5.11 Å². The zero-order chi connectivity index (χ0) is 14.2. The Labute approximate surface area is 107 Å². The Hall–Kier alpha value is -1.79. The van der Waals surface area contributed by atoms with Crippen LogP contribution >= 0.6 is 0 Å². The lowest BCUT2D eigenvalue weighted by atomic mass is 9.99. The van der Waals surface area contributed by atoms with E-state index in [1.807, 2.05) is 0 Å². The van der Waals surface area contributed by atoms with Crippen LogP contribution in [0.3, 0.4) is 0 Å². The highest BCUT2D eigenvalue weighted by Gasteiger charge is 2.40. The molecule has 0 amide bonds. The van der Waals surface area contributed by atoms with Crippen LogP contribution in [0.1, 0.15) is 12.5 Å². The molecule has 0 saturated carbocycles. The Morgan fingerprint density at radius 1 is 1.47 bits per heavy atom. The molecule has 2 heterocycles. The van der Waals surface area contributed by atoms with Gasteiger partial charge in [0.25, 0.3) is 0 Å². The molecule has 0 radical (unpaired) electrons. The second-order valence-electron chi connectivity index (χ2n) is 4.70. The van der Waals surface area contributed by atoms with Crippen LogP contribution in [-0.2, 0) is 11.0 Å². The highest BCUT2D eigenvalue weighted by atomic mass is 19.4. The van der Waals surface area contributed by atoms with Crippen LogP contribution in [-0.4, -0.2) is 29.1 Å². The number of nitrogens with zero attached hydrogens (tertiary/aromatic N) is 2. The number of rotatable bonds is 2. The van der Waals surface area contributed by atoms with Crippen LogP contribution in [0.15, 0.2) is 18.3 Å². The predicted octanol–water partition coefficient (Wildman–Crippen LogP) is 2.26. The van der Waals surface area contributed by atoms with Gasteiger partial charge in [-0.05, 0) is 18.1 Å². The molecule has 4 nitrogen and oxygen atoms in total. The van der Waals surface area contributed by atoms with Crippen molar-refractivity contribution in [1.82, 2.24) is 4.98 Å². The van der Waals surface area contributed by atoms with E-state index in [2.05, 4.69) is 4.98 Å². The fraction of sp³-hybridized carbons (Fsp3) is 0.500. The van der Waals surface area contributed by atoms with Crippen LogP contribution in [0, 0.1) is 11.8 Å². The van der Waals surface area contributed by atoms with Crippen LogP contribution < -0.4 is 4.90 Å². The first-order valence-electron chi connectivity index (χ1n) is 5.80. The molecule has 1 N–H and O–H groups in total. The van der Waals surface area contributed by atoms with Gasteiger partial charge in [0.2, 0.25) is 0 Å². The minimum absolute atomic E-state index is 0.0522. The van der Waals surface area contributed by atoms with Crippen molar-refractivity contribution in [3.63, 3.8) is 0 Å². The van der Waals surface area contributed by atoms with Gasteiger partial charge in [0.05, 0.1) is 11.5 Å². The maximum atomic E-state index is 12.9. The summed E-state index contributed by atoms with van der Waals surface area (Å²) in [5, 5.41) is 9.01. The first kappa shape index (κ1) is 13.6. The second-order valence-corrected chi connectivity index (χ2v) is 4.70. The summed E-state index contributed by atoms with van der Waals surface area (Å²) < 4.78 is 38.6. The molecule has 1 fully saturated rings. The number of carboxylic acids is 1. The first-order chi connectivity index (χ1) is 8.80. The number of hydrogen-bond acceptors (Lipinski definition) is 3. The van der Waals surface area contributed by atoms with E-state index in [1.54, 1.807) is 6.92 Å². The fourth-order valence-electron chi connectivity index (χ4n) is 2.33. The van der Waals surface area contributed by atoms with Gasteiger partial charge < -0.3 is 10.0 Å². The highest BCUT2D eigenvalue weighted by molar-refractivity contribution is 5.72. The molecule has 2 rings (SSSR count). The summed E-state index contributed by atoms with van der Waals surface area (Å²) in [7, 11) is 0. The average Bonchev–Trinajstić information content (AvgIpc) is 2.70. The molecule has 1 saturated heterocycles. The van der Waals surface area contributed by atoms with E-state index in [1.165, 1.54) is 17.2 Å². The third-order valence-electron chi connectivity index (χ3n) is 3.32. The number of carboxylic acid groups (broad SMARTS) is 1. The van der Waals surface area contributed by atoms with E-state index < -0.39 is 23.6 Å². The molecule has 0 aliphatic carbocycles. The Morgan fingerprint density at radius 3 is 2.68 bits per heavy atom. The predicted molar refractivity (Wildman–Crippen MR) is 61.7 cm³/mol. The Morgan fingerprint density at radius 2 is 2.16 bits per heavy atom. The lowest BCUT2D eigenvalue weighted by Gasteiger charge is -2.21. The van der Waals surface area contributed by atoms with Crippen LogP contribution in [0.5, 0.6) is 0 Å². The number of anilines is 1. The molecule has 1 aliphatic heterocycles. The summed E-state index contributed by atoms with van der Waals surface area (Å²) >= 11 is 0. The van der Waals surface area contributed by atoms with Gasteiger partial charge in [-0.2, -0.15) is 13.2 Å². The maximum absolute atomic E-state index is 12.9. The van der Waals surface area contributed by atoms with Gasteiger partial charge in [-0.1, -0.05) is 6.92 Å². The van der Waals surface area contributed by atoms with Gasteiger partial charge in [0.15, 0.2) is 0 Å². The Balaban J connectivity index is 2.32. The van der Waals surface area contributed by atoms with Gasteiger partial charge in [-0.25, -0.2) is 4.98 Å². The molecule has 0 unspecified atom stereocenters. The number of alkyl halides is 3. The summed E-state index contributed by atoms with van der Waals surface area (Å²) in [6.45, 7) is 2.03. The molecule has 0 aromatic carbocycles. The molecule has 2 atom stereocenters. The van der Waals surface area contributed by atoms with Crippen LogP contribution in [0.4, 0.5) is 19.0 Å². The smallest absolute Gasteiger partial charge is 0.419 e. The van der Waals surface area contributed by atoms with Crippen molar-refractivity contribution < 1.29 is 23.1 Å². The zero-order valence-electron chi connectivity index (χ0n) is 10.2. The molecule has 104 valence electrons. The minimum atomic E-state index is -4.49. The van der Waals surface area contributed by atoms with E-state index >= 15 is 0 Å². The van der Waals surface area contributed by atoms with Gasteiger partial charge in [-0.3, -0.25) is 4.79 Å². The Bertz CT molecular complexity index is 490. The van der Waals surface area contributed by atoms with E-state index in [0.29, 0.717) is 0 Å². The number of aliphatic carboxylic acids is 1. The molecule has 19 heavy (non-hydrogen) atoms. The van der Waals surface area contributed by atoms with E-state index in [9.17, 15) is 18.0 Å². The standard InChI is InChI=1S/C12H13F3N2O2/c1-7-5-17(6-8(7)11(18)19)10-9(12(13,14)15)3-2-4-16-10/h2-4,7-8H,5-6H2,1H3,(H,18,19)/t7-,8-/m1/s1. The van der Waals surface area contributed by atoms with Crippen molar-refractivity contribution in [2.45, 2.75) is 13.1 Å². The second kappa shape index (κ2) is 4.71. The Kier molecular flexibility index (Phi) is 3.38. The largest absolute Gasteiger partial charge is 0.481 e. The third-order valence-corrected chi connectivity index (χ3v) is 3.32. The highest BCUT2D eigenvalue weighted by Crippen LogP contribution is 2.37. The molecule has 0 spiro atoms. The van der Waals surface area contributed by atoms with Gasteiger partial charge in [0, 0.05) is 19.3 Å². The van der Waals surface area contributed by atoms with Gasteiger partial charge in [-0.15, -0.1) is 0 Å². The molecule has 0 bridgehead atoms. The maximum Gasteiger partial charge on any atom is 0.419 e.